The van der Waals surface area contributed by atoms with Gasteiger partial charge in [0.05, 0.1) is 0 Å². The van der Waals surface area contributed by atoms with E-state index < -0.39 is 16.0 Å². The van der Waals surface area contributed by atoms with Gasteiger partial charge in [0.25, 0.3) is 0 Å². The van der Waals surface area contributed by atoms with Crippen molar-refractivity contribution in [2.24, 2.45) is 0 Å². The summed E-state index contributed by atoms with van der Waals surface area (Å²) in [5, 5.41) is 21.1. The van der Waals surface area contributed by atoms with Gasteiger partial charge in [0.2, 0.25) is 0 Å². The number of halogens is 1. The SMILES string of the molecule is O=[N+]([O-])C(c1ccc(Cl)cc1)[N+](=O)[O-]. The largest absolute Gasteiger partial charge is 0.476 e. The number of hydrogen-bond donors (Lipinski definition) is 0. The van der Waals surface area contributed by atoms with Crippen LogP contribution in [0.3, 0.4) is 0 Å². The second-order valence-electron chi connectivity index (χ2n) is 2.50. The summed E-state index contributed by atoms with van der Waals surface area (Å²) in [6, 6.07) is 5.27. The first-order chi connectivity index (χ1) is 6.52. The molecule has 6 nitrogen and oxygen atoms in total. The molecule has 0 radical (unpaired) electrons. The van der Waals surface area contributed by atoms with Crippen molar-refractivity contribution in [2.45, 2.75) is 6.17 Å². The molecule has 0 saturated heterocycles. The average molecular weight is 217 g/mol. The fourth-order valence-electron chi connectivity index (χ4n) is 0.955. The first kappa shape index (κ1) is 10.4. The molecule has 7 heteroatoms. The molecule has 74 valence electrons. The molecule has 0 heterocycles. The smallest absolute Gasteiger partial charge is 0.258 e. The van der Waals surface area contributed by atoms with Crippen molar-refractivity contribution in [1.29, 1.82) is 0 Å². The van der Waals surface area contributed by atoms with E-state index in [1.54, 1.807) is 0 Å². The molecular weight excluding hydrogens is 212 g/mol. The Morgan fingerprint density at radius 2 is 1.50 bits per heavy atom. The number of benzene rings is 1. The van der Waals surface area contributed by atoms with E-state index in [4.69, 9.17) is 11.6 Å². The zero-order valence-corrected chi connectivity index (χ0v) is 7.55. The summed E-state index contributed by atoms with van der Waals surface area (Å²) in [4.78, 5) is 18.8. The lowest BCUT2D eigenvalue weighted by atomic mass is 10.2. The monoisotopic (exact) mass is 216 g/mol. The lowest BCUT2D eigenvalue weighted by Crippen LogP contribution is -2.19. The van der Waals surface area contributed by atoms with Crippen molar-refractivity contribution in [3.8, 4) is 0 Å². The van der Waals surface area contributed by atoms with E-state index in [9.17, 15) is 20.2 Å². The number of nitro groups is 2. The van der Waals surface area contributed by atoms with Crippen LogP contribution in [0.15, 0.2) is 24.3 Å². The van der Waals surface area contributed by atoms with Crippen LogP contribution in [0.25, 0.3) is 0 Å². The van der Waals surface area contributed by atoms with E-state index in [1.165, 1.54) is 24.3 Å². The third kappa shape index (κ3) is 2.17. The molecule has 1 aromatic carbocycles. The zero-order chi connectivity index (χ0) is 10.7. The normalized spacial score (nSPS) is 10.1. The van der Waals surface area contributed by atoms with Crippen molar-refractivity contribution in [3.63, 3.8) is 0 Å². The van der Waals surface area contributed by atoms with Crippen LogP contribution >= 0.6 is 11.6 Å². The van der Waals surface area contributed by atoms with Gasteiger partial charge in [0.15, 0.2) is 0 Å². The Bertz CT molecular complexity index is 350. The zero-order valence-electron chi connectivity index (χ0n) is 6.79. The molecule has 0 aliphatic rings. The molecule has 0 aliphatic heterocycles. The van der Waals surface area contributed by atoms with Gasteiger partial charge in [-0.25, -0.2) is 0 Å². The molecule has 0 amide bonds. The van der Waals surface area contributed by atoms with E-state index >= 15 is 0 Å². The van der Waals surface area contributed by atoms with Crippen LogP contribution in [-0.2, 0) is 0 Å². The van der Waals surface area contributed by atoms with Gasteiger partial charge in [0.1, 0.15) is 15.4 Å². The van der Waals surface area contributed by atoms with Gasteiger partial charge in [-0.3, -0.25) is 20.2 Å². The van der Waals surface area contributed by atoms with E-state index in [2.05, 4.69) is 0 Å². The Balaban J connectivity index is 3.06. The predicted octanol–water partition coefficient (Wildman–Crippen LogP) is 1.89. The van der Waals surface area contributed by atoms with Gasteiger partial charge in [-0.2, -0.15) is 0 Å². The highest BCUT2D eigenvalue weighted by Gasteiger charge is 2.34. The van der Waals surface area contributed by atoms with E-state index in [0.717, 1.165) is 0 Å². The van der Waals surface area contributed by atoms with E-state index in [0.29, 0.717) is 5.02 Å². The van der Waals surface area contributed by atoms with Crippen LogP contribution in [0.4, 0.5) is 0 Å². The second-order valence-corrected chi connectivity index (χ2v) is 2.93. The van der Waals surface area contributed by atoms with Crippen molar-refractivity contribution < 1.29 is 9.85 Å². The lowest BCUT2D eigenvalue weighted by Gasteiger charge is -2.01. The summed E-state index contributed by atoms with van der Waals surface area (Å²) in [5.74, 6) is 0. The molecule has 1 rings (SSSR count). The quantitative estimate of drug-likeness (QED) is 0.439. The van der Waals surface area contributed by atoms with E-state index in [1.807, 2.05) is 0 Å². The first-order valence-electron chi connectivity index (χ1n) is 3.55. The maximum absolute atomic E-state index is 10.4. The standard InChI is InChI=1S/C7H5ClN2O4/c8-6-3-1-5(2-4-6)7(9(11)12)10(13)14/h1-4,7H. The van der Waals surface area contributed by atoms with Crippen molar-refractivity contribution in [3.05, 3.63) is 55.1 Å². The Hall–Kier alpha value is -1.69. The fraction of sp³-hybridized carbons (Fsp3) is 0.143. The van der Waals surface area contributed by atoms with E-state index in [-0.39, 0.29) is 5.56 Å². The minimum atomic E-state index is -1.92. The summed E-state index contributed by atoms with van der Waals surface area (Å²) in [6.45, 7) is 0. The molecule has 0 saturated carbocycles. The molecule has 0 aromatic heterocycles. The maximum Gasteiger partial charge on any atom is 0.476 e. The van der Waals surface area contributed by atoms with Gasteiger partial charge in [-0.15, -0.1) is 0 Å². The summed E-state index contributed by atoms with van der Waals surface area (Å²) in [7, 11) is 0. The third-order valence-corrected chi connectivity index (χ3v) is 1.82. The number of nitrogens with zero attached hydrogens (tertiary/aromatic N) is 2. The Morgan fingerprint density at radius 3 is 1.86 bits per heavy atom. The van der Waals surface area contributed by atoms with Crippen LogP contribution in [0.1, 0.15) is 11.7 Å². The third-order valence-electron chi connectivity index (χ3n) is 1.57. The maximum atomic E-state index is 10.4. The van der Waals surface area contributed by atoms with Gasteiger partial charge in [0, 0.05) is 5.02 Å². The molecule has 0 aliphatic carbocycles. The van der Waals surface area contributed by atoms with Crippen LogP contribution in [-0.4, -0.2) is 9.85 Å². The molecule has 0 spiro atoms. The Labute approximate surface area is 83.4 Å². The molecule has 0 unspecified atom stereocenters. The van der Waals surface area contributed by atoms with Crippen LogP contribution in [0.2, 0.25) is 5.02 Å². The Morgan fingerprint density at radius 1 is 1.07 bits per heavy atom. The van der Waals surface area contributed by atoms with Crippen molar-refractivity contribution in [2.75, 3.05) is 0 Å². The predicted molar refractivity (Wildman–Crippen MR) is 48.2 cm³/mol. The van der Waals surface area contributed by atoms with Gasteiger partial charge < -0.3 is 0 Å². The molecule has 1 aromatic rings. The minimum absolute atomic E-state index is 0.00407. The Kier molecular flexibility index (Phi) is 2.98. The minimum Gasteiger partial charge on any atom is -0.258 e. The summed E-state index contributed by atoms with van der Waals surface area (Å²) in [5.41, 5.74) is 0.00407. The highest BCUT2D eigenvalue weighted by atomic mass is 35.5. The highest BCUT2D eigenvalue weighted by molar-refractivity contribution is 6.30. The summed E-state index contributed by atoms with van der Waals surface area (Å²) >= 11 is 5.54. The van der Waals surface area contributed by atoms with Crippen molar-refractivity contribution in [1.82, 2.24) is 0 Å². The molecule has 0 bridgehead atoms. The highest BCUT2D eigenvalue weighted by Crippen LogP contribution is 2.19. The molecule has 0 N–H and O–H groups in total. The average Bonchev–Trinajstić information content (AvgIpc) is 2.07. The van der Waals surface area contributed by atoms with Crippen LogP contribution in [0.5, 0.6) is 0 Å². The number of rotatable bonds is 3. The molecule has 0 fully saturated rings. The topological polar surface area (TPSA) is 86.3 Å². The summed E-state index contributed by atoms with van der Waals surface area (Å²) < 4.78 is 0. The number of hydrogen-bond acceptors (Lipinski definition) is 4. The van der Waals surface area contributed by atoms with Crippen LogP contribution in [0, 0.1) is 20.2 Å². The fourth-order valence-corrected chi connectivity index (χ4v) is 1.08. The van der Waals surface area contributed by atoms with Gasteiger partial charge >= 0.3 is 6.17 Å². The second kappa shape index (κ2) is 4.01. The summed E-state index contributed by atoms with van der Waals surface area (Å²) in [6.07, 6.45) is -1.92. The van der Waals surface area contributed by atoms with Crippen LogP contribution < -0.4 is 0 Å². The van der Waals surface area contributed by atoms with Gasteiger partial charge in [-0.1, -0.05) is 11.6 Å². The lowest BCUT2D eigenvalue weighted by molar-refractivity contribution is -0.752. The van der Waals surface area contributed by atoms with Gasteiger partial charge in [-0.05, 0) is 24.3 Å². The van der Waals surface area contributed by atoms with Crippen molar-refractivity contribution >= 4 is 11.6 Å². The molecule has 14 heavy (non-hydrogen) atoms. The molecular formula is C7H5ClN2O4. The first-order valence-corrected chi connectivity index (χ1v) is 3.92. The molecule has 0 atom stereocenters.